The van der Waals surface area contributed by atoms with Crippen LogP contribution in [0, 0.1) is 19.7 Å². The number of ether oxygens (including phenoxy) is 1. The quantitative estimate of drug-likeness (QED) is 0.782. The highest BCUT2D eigenvalue weighted by atomic mass is 35.5. The highest BCUT2D eigenvalue weighted by Gasteiger charge is 2.04. The van der Waals surface area contributed by atoms with E-state index in [1.54, 1.807) is 12.1 Å². The molecule has 0 aromatic heterocycles. The maximum Gasteiger partial charge on any atom is 0.131 e. The Bertz CT molecular complexity index is 546. The molecule has 2 rings (SSSR count). The van der Waals surface area contributed by atoms with Crippen LogP contribution in [0.15, 0.2) is 36.4 Å². The van der Waals surface area contributed by atoms with Gasteiger partial charge in [0.05, 0.1) is 0 Å². The minimum Gasteiger partial charge on any atom is -0.489 e. The molecule has 0 atom stereocenters. The number of halogens is 2. The summed E-state index contributed by atoms with van der Waals surface area (Å²) in [4.78, 5) is 0. The van der Waals surface area contributed by atoms with Crippen molar-refractivity contribution in [3.05, 3.63) is 63.9 Å². The molecule has 0 heterocycles. The Kier molecular flexibility index (Phi) is 3.87. The Morgan fingerprint density at radius 2 is 1.72 bits per heavy atom. The second-order valence-corrected chi connectivity index (χ2v) is 4.78. The molecule has 3 heteroatoms. The van der Waals surface area contributed by atoms with Gasteiger partial charge in [0.2, 0.25) is 0 Å². The highest BCUT2D eigenvalue weighted by Crippen LogP contribution is 2.20. The molecular weight excluding hydrogens is 251 g/mol. The van der Waals surface area contributed by atoms with Crippen molar-refractivity contribution in [3.8, 4) is 5.75 Å². The molecule has 0 spiro atoms. The molecule has 0 N–H and O–H groups in total. The number of hydrogen-bond acceptors (Lipinski definition) is 1. The van der Waals surface area contributed by atoms with Gasteiger partial charge in [0, 0.05) is 10.6 Å². The molecule has 0 unspecified atom stereocenters. The van der Waals surface area contributed by atoms with Crippen LogP contribution >= 0.6 is 11.6 Å². The van der Waals surface area contributed by atoms with Gasteiger partial charge < -0.3 is 4.74 Å². The monoisotopic (exact) mass is 264 g/mol. The number of hydrogen-bond donors (Lipinski definition) is 0. The van der Waals surface area contributed by atoms with Gasteiger partial charge in [-0.1, -0.05) is 23.7 Å². The van der Waals surface area contributed by atoms with Crippen molar-refractivity contribution in [2.24, 2.45) is 0 Å². The van der Waals surface area contributed by atoms with E-state index in [2.05, 4.69) is 6.07 Å². The maximum absolute atomic E-state index is 13.5. The van der Waals surface area contributed by atoms with E-state index < -0.39 is 0 Å². The van der Waals surface area contributed by atoms with E-state index in [4.69, 9.17) is 16.3 Å². The van der Waals surface area contributed by atoms with Gasteiger partial charge in [-0.05, 0) is 49.2 Å². The fraction of sp³-hybridized carbons (Fsp3) is 0.200. The summed E-state index contributed by atoms with van der Waals surface area (Å²) < 4.78 is 19.1. The van der Waals surface area contributed by atoms with Crippen molar-refractivity contribution in [1.82, 2.24) is 0 Å². The summed E-state index contributed by atoms with van der Waals surface area (Å²) in [7, 11) is 0. The molecule has 0 amide bonds. The lowest BCUT2D eigenvalue weighted by molar-refractivity contribution is 0.299. The van der Waals surface area contributed by atoms with Gasteiger partial charge in [-0.3, -0.25) is 0 Å². The number of aryl methyl sites for hydroxylation is 2. The summed E-state index contributed by atoms with van der Waals surface area (Å²) >= 11 is 5.69. The van der Waals surface area contributed by atoms with Gasteiger partial charge >= 0.3 is 0 Å². The molecule has 2 aromatic rings. The van der Waals surface area contributed by atoms with Gasteiger partial charge in [-0.15, -0.1) is 0 Å². The average molecular weight is 265 g/mol. The summed E-state index contributed by atoms with van der Waals surface area (Å²) in [5.74, 6) is 0.411. The van der Waals surface area contributed by atoms with E-state index in [0.717, 1.165) is 16.9 Å². The minimum absolute atomic E-state index is 0.200. The number of benzene rings is 2. The molecular formula is C15H14ClFO. The maximum atomic E-state index is 13.5. The van der Waals surface area contributed by atoms with Crippen molar-refractivity contribution in [2.45, 2.75) is 20.5 Å². The second-order valence-electron chi connectivity index (χ2n) is 4.35. The summed E-state index contributed by atoms with van der Waals surface area (Å²) in [5.41, 5.74) is 2.75. The van der Waals surface area contributed by atoms with E-state index in [1.807, 2.05) is 26.0 Å². The first-order valence-corrected chi connectivity index (χ1v) is 6.07. The van der Waals surface area contributed by atoms with E-state index in [-0.39, 0.29) is 12.4 Å². The lowest BCUT2D eigenvalue weighted by Gasteiger charge is -2.09. The fourth-order valence-electron chi connectivity index (χ4n) is 1.82. The van der Waals surface area contributed by atoms with Crippen LogP contribution in [0.2, 0.25) is 5.02 Å². The van der Waals surface area contributed by atoms with Crippen molar-refractivity contribution in [1.29, 1.82) is 0 Å². The van der Waals surface area contributed by atoms with Crippen molar-refractivity contribution >= 4 is 11.6 Å². The molecule has 0 aliphatic carbocycles. The Morgan fingerprint density at radius 3 is 2.33 bits per heavy atom. The van der Waals surface area contributed by atoms with Crippen LogP contribution in [-0.2, 0) is 6.61 Å². The van der Waals surface area contributed by atoms with Crippen LogP contribution in [0.1, 0.15) is 16.7 Å². The van der Waals surface area contributed by atoms with Crippen LogP contribution in [0.5, 0.6) is 5.75 Å². The lowest BCUT2D eigenvalue weighted by Crippen LogP contribution is -1.99. The van der Waals surface area contributed by atoms with Gasteiger partial charge in [0.1, 0.15) is 18.2 Å². The van der Waals surface area contributed by atoms with Crippen LogP contribution in [0.3, 0.4) is 0 Å². The predicted octanol–water partition coefficient (Wildman–Crippen LogP) is 4.67. The SMILES string of the molecule is Cc1cc(C)cc(OCc2ccc(Cl)cc2F)c1. The Morgan fingerprint density at radius 1 is 1.06 bits per heavy atom. The molecule has 0 bridgehead atoms. The third-order valence-corrected chi connectivity index (χ3v) is 2.84. The summed E-state index contributed by atoms with van der Waals surface area (Å²) in [6, 6.07) is 10.5. The minimum atomic E-state index is -0.341. The first-order valence-electron chi connectivity index (χ1n) is 5.69. The predicted molar refractivity (Wildman–Crippen MR) is 71.7 cm³/mol. The van der Waals surface area contributed by atoms with Crippen LogP contribution < -0.4 is 4.74 Å². The Balaban J connectivity index is 2.11. The molecule has 0 saturated heterocycles. The number of rotatable bonds is 3. The first kappa shape index (κ1) is 12.9. The molecule has 1 nitrogen and oxygen atoms in total. The summed E-state index contributed by atoms with van der Waals surface area (Å²) in [6.07, 6.45) is 0. The zero-order valence-corrected chi connectivity index (χ0v) is 11.1. The van der Waals surface area contributed by atoms with E-state index in [9.17, 15) is 4.39 Å². The molecule has 0 aliphatic rings. The third-order valence-electron chi connectivity index (χ3n) is 2.60. The van der Waals surface area contributed by atoms with Crippen molar-refractivity contribution < 1.29 is 9.13 Å². The van der Waals surface area contributed by atoms with E-state index >= 15 is 0 Å². The van der Waals surface area contributed by atoms with Crippen molar-refractivity contribution in [2.75, 3.05) is 0 Å². The zero-order chi connectivity index (χ0) is 13.1. The molecule has 0 saturated carbocycles. The second kappa shape index (κ2) is 5.40. The van der Waals surface area contributed by atoms with Crippen LogP contribution in [0.25, 0.3) is 0 Å². The van der Waals surface area contributed by atoms with Gasteiger partial charge in [0.25, 0.3) is 0 Å². The first-order chi connectivity index (χ1) is 8.54. The lowest BCUT2D eigenvalue weighted by atomic mass is 10.1. The molecule has 0 fully saturated rings. The topological polar surface area (TPSA) is 9.23 Å². The highest BCUT2D eigenvalue weighted by molar-refractivity contribution is 6.30. The average Bonchev–Trinajstić information content (AvgIpc) is 2.26. The zero-order valence-electron chi connectivity index (χ0n) is 10.3. The standard InChI is InChI=1S/C15H14ClFO/c1-10-5-11(2)7-14(6-10)18-9-12-3-4-13(16)8-15(12)17/h3-8H,9H2,1-2H3. The Hall–Kier alpha value is -1.54. The van der Waals surface area contributed by atoms with Crippen LogP contribution in [-0.4, -0.2) is 0 Å². The largest absolute Gasteiger partial charge is 0.489 e. The van der Waals surface area contributed by atoms with Gasteiger partial charge in [0.15, 0.2) is 0 Å². The molecule has 2 aromatic carbocycles. The summed E-state index contributed by atoms with van der Waals surface area (Å²) in [6.45, 7) is 4.21. The molecule has 94 valence electrons. The smallest absolute Gasteiger partial charge is 0.131 e. The van der Waals surface area contributed by atoms with E-state index in [1.165, 1.54) is 6.07 Å². The van der Waals surface area contributed by atoms with Gasteiger partial charge in [-0.25, -0.2) is 4.39 Å². The van der Waals surface area contributed by atoms with Crippen molar-refractivity contribution in [3.63, 3.8) is 0 Å². The third kappa shape index (κ3) is 3.23. The van der Waals surface area contributed by atoms with E-state index in [0.29, 0.717) is 10.6 Å². The molecule has 0 radical (unpaired) electrons. The fourth-order valence-corrected chi connectivity index (χ4v) is 1.97. The van der Waals surface area contributed by atoms with Gasteiger partial charge in [-0.2, -0.15) is 0 Å². The molecule has 18 heavy (non-hydrogen) atoms. The summed E-state index contributed by atoms with van der Waals surface area (Å²) in [5, 5.41) is 0.391. The molecule has 0 aliphatic heterocycles. The van der Waals surface area contributed by atoms with Crippen LogP contribution in [0.4, 0.5) is 4.39 Å². The normalized spacial score (nSPS) is 10.4. The Labute approximate surface area is 111 Å².